The highest BCUT2D eigenvalue weighted by atomic mass is 19.1. The van der Waals surface area contributed by atoms with Crippen LogP contribution >= 0.6 is 0 Å². The number of allylic oxidation sites excluding steroid dienone is 3. The summed E-state index contributed by atoms with van der Waals surface area (Å²) in [7, 11) is 0. The summed E-state index contributed by atoms with van der Waals surface area (Å²) in [6.07, 6.45) is 4.00. The standard InChI is InChI=1S/C7H10FN/c1-5-2-3-7(9)6(8)4-5/h2-3,5H,4,9H2,1H3. The lowest BCUT2D eigenvalue weighted by Crippen LogP contribution is -2.04. The minimum absolute atomic E-state index is 0.176. The third kappa shape index (κ3) is 1.31. The van der Waals surface area contributed by atoms with Crippen molar-refractivity contribution in [2.24, 2.45) is 11.7 Å². The van der Waals surface area contributed by atoms with E-state index in [0.717, 1.165) is 0 Å². The zero-order chi connectivity index (χ0) is 6.85. The highest BCUT2D eigenvalue weighted by molar-refractivity contribution is 5.23. The van der Waals surface area contributed by atoms with Gasteiger partial charge in [0.05, 0.1) is 5.70 Å². The molecular weight excluding hydrogens is 117 g/mol. The molecule has 0 spiro atoms. The summed E-state index contributed by atoms with van der Waals surface area (Å²) in [6.45, 7) is 1.96. The van der Waals surface area contributed by atoms with Gasteiger partial charge < -0.3 is 5.73 Å². The van der Waals surface area contributed by atoms with Crippen molar-refractivity contribution in [3.8, 4) is 0 Å². The van der Waals surface area contributed by atoms with Crippen LogP contribution in [0.4, 0.5) is 4.39 Å². The van der Waals surface area contributed by atoms with Gasteiger partial charge in [0.2, 0.25) is 0 Å². The largest absolute Gasteiger partial charge is 0.397 e. The first kappa shape index (κ1) is 6.33. The van der Waals surface area contributed by atoms with Crippen LogP contribution < -0.4 is 5.73 Å². The molecule has 0 fully saturated rings. The molecule has 1 nitrogen and oxygen atoms in total. The van der Waals surface area contributed by atoms with Crippen LogP contribution in [0.25, 0.3) is 0 Å². The fraction of sp³-hybridized carbons (Fsp3) is 0.429. The molecule has 0 aromatic heterocycles. The Hall–Kier alpha value is -0.790. The summed E-state index contributed by atoms with van der Waals surface area (Å²) in [5.41, 5.74) is 5.54. The maximum atomic E-state index is 12.5. The molecule has 0 heterocycles. The minimum atomic E-state index is -0.176. The van der Waals surface area contributed by atoms with E-state index < -0.39 is 0 Å². The lowest BCUT2D eigenvalue weighted by Gasteiger charge is -2.10. The molecule has 9 heavy (non-hydrogen) atoms. The molecule has 0 saturated heterocycles. The van der Waals surface area contributed by atoms with Crippen LogP contribution in [-0.4, -0.2) is 0 Å². The molecule has 0 amide bonds. The molecule has 1 unspecified atom stereocenters. The van der Waals surface area contributed by atoms with Crippen LogP contribution in [0, 0.1) is 5.92 Å². The quantitative estimate of drug-likeness (QED) is 0.526. The minimum Gasteiger partial charge on any atom is -0.397 e. The second kappa shape index (κ2) is 2.21. The molecule has 0 saturated carbocycles. The van der Waals surface area contributed by atoms with E-state index in [2.05, 4.69) is 0 Å². The van der Waals surface area contributed by atoms with Gasteiger partial charge in [0.15, 0.2) is 0 Å². The number of nitrogens with two attached hydrogens (primary N) is 1. The van der Waals surface area contributed by atoms with Crippen LogP contribution in [0.15, 0.2) is 23.7 Å². The molecule has 2 N–H and O–H groups in total. The number of hydrogen-bond acceptors (Lipinski definition) is 1. The lowest BCUT2D eigenvalue weighted by molar-refractivity contribution is 0.525. The summed E-state index contributed by atoms with van der Waals surface area (Å²) in [5.74, 6) is 0.127. The predicted octanol–water partition coefficient (Wildman–Crippen LogP) is 1.72. The topological polar surface area (TPSA) is 26.0 Å². The highest BCUT2D eigenvalue weighted by Gasteiger charge is 2.09. The van der Waals surface area contributed by atoms with Crippen LogP contribution in [0.1, 0.15) is 13.3 Å². The molecule has 50 valence electrons. The Morgan fingerprint density at radius 2 is 2.44 bits per heavy atom. The van der Waals surface area contributed by atoms with Crippen molar-refractivity contribution in [1.29, 1.82) is 0 Å². The first-order valence-electron chi connectivity index (χ1n) is 3.02. The molecule has 2 heteroatoms. The summed E-state index contributed by atoms with van der Waals surface area (Å²) >= 11 is 0. The Labute approximate surface area is 54.0 Å². The first-order valence-corrected chi connectivity index (χ1v) is 3.02. The van der Waals surface area contributed by atoms with Crippen LogP contribution in [0.5, 0.6) is 0 Å². The van der Waals surface area contributed by atoms with Gasteiger partial charge in [0.25, 0.3) is 0 Å². The molecule has 1 aliphatic carbocycles. The first-order chi connectivity index (χ1) is 4.20. The van der Waals surface area contributed by atoms with Crippen molar-refractivity contribution in [3.63, 3.8) is 0 Å². The molecule has 1 atom stereocenters. The Morgan fingerprint density at radius 3 is 2.89 bits per heavy atom. The monoisotopic (exact) mass is 127 g/mol. The summed E-state index contributed by atoms with van der Waals surface area (Å²) < 4.78 is 12.5. The van der Waals surface area contributed by atoms with Gasteiger partial charge in [-0.2, -0.15) is 0 Å². The van der Waals surface area contributed by atoms with E-state index >= 15 is 0 Å². The Bertz CT molecular complexity index is 170. The lowest BCUT2D eigenvalue weighted by atomic mass is 10.0. The van der Waals surface area contributed by atoms with Crippen LogP contribution in [0.2, 0.25) is 0 Å². The van der Waals surface area contributed by atoms with Crippen molar-refractivity contribution in [3.05, 3.63) is 23.7 Å². The van der Waals surface area contributed by atoms with E-state index in [-0.39, 0.29) is 11.5 Å². The van der Waals surface area contributed by atoms with Gasteiger partial charge in [-0.25, -0.2) is 4.39 Å². The van der Waals surface area contributed by atoms with Gasteiger partial charge >= 0.3 is 0 Å². The smallest absolute Gasteiger partial charge is 0.123 e. The second-order valence-corrected chi connectivity index (χ2v) is 2.40. The van der Waals surface area contributed by atoms with Crippen molar-refractivity contribution in [2.75, 3.05) is 0 Å². The molecular formula is C7H10FN. The third-order valence-corrected chi connectivity index (χ3v) is 1.42. The molecule has 0 aliphatic heterocycles. The van der Waals surface area contributed by atoms with Gasteiger partial charge in [0, 0.05) is 6.42 Å². The van der Waals surface area contributed by atoms with Gasteiger partial charge in [0.1, 0.15) is 5.83 Å². The maximum Gasteiger partial charge on any atom is 0.123 e. The summed E-state index contributed by atoms with van der Waals surface area (Å²) in [6, 6.07) is 0. The van der Waals surface area contributed by atoms with Crippen molar-refractivity contribution in [1.82, 2.24) is 0 Å². The molecule has 0 aromatic rings. The zero-order valence-electron chi connectivity index (χ0n) is 5.39. The molecule has 1 rings (SSSR count). The third-order valence-electron chi connectivity index (χ3n) is 1.42. The number of hydrogen-bond donors (Lipinski definition) is 1. The summed E-state index contributed by atoms with van der Waals surface area (Å²) in [4.78, 5) is 0. The van der Waals surface area contributed by atoms with Gasteiger partial charge in [-0.3, -0.25) is 0 Å². The van der Waals surface area contributed by atoms with E-state index in [9.17, 15) is 4.39 Å². The van der Waals surface area contributed by atoms with Crippen molar-refractivity contribution >= 4 is 0 Å². The van der Waals surface area contributed by atoms with E-state index in [1.54, 1.807) is 6.08 Å². The van der Waals surface area contributed by atoms with Crippen LogP contribution in [0.3, 0.4) is 0 Å². The van der Waals surface area contributed by atoms with Gasteiger partial charge in [-0.05, 0) is 12.0 Å². The second-order valence-electron chi connectivity index (χ2n) is 2.40. The van der Waals surface area contributed by atoms with Gasteiger partial charge in [-0.15, -0.1) is 0 Å². The van der Waals surface area contributed by atoms with E-state index in [1.165, 1.54) is 0 Å². The van der Waals surface area contributed by atoms with E-state index in [1.807, 2.05) is 13.0 Å². The number of rotatable bonds is 0. The molecule has 0 aromatic carbocycles. The normalized spacial score (nSPS) is 27.1. The maximum absolute atomic E-state index is 12.5. The Morgan fingerprint density at radius 1 is 1.78 bits per heavy atom. The van der Waals surface area contributed by atoms with Crippen molar-refractivity contribution in [2.45, 2.75) is 13.3 Å². The van der Waals surface area contributed by atoms with Crippen molar-refractivity contribution < 1.29 is 4.39 Å². The summed E-state index contributed by atoms with van der Waals surface area (Å²) in [5, 5.41) is 0. The van der Waals surface area contributed by atoms with E-state index in [0.29, 0.717) is 12.3 Å². The Kier molecular flexibility index (Phi) is 1.56. The van der Waals surface area contributed by atoms with Gasteiger partial charge in [-0.1, -0.05) is 13.0 Å². The highest BCUT2D eigenvalue weighted by Crippen LogP contribution is 2.20. The fourth-order valence-corrected chi connectivity index (χ4v) is 0.827. The molecule has 0 radical (unpaired) electrons. The molecule has 1 aliphatic rings. The molecule has 0 bridgehead atoms. The SMILES string of the molecule is CC1C=CC(N)=C(F)C1. The fourth-order valence-electron chi connectivity index (χ4n) is 0.827. The zero-order valence-corrected chi connectivity index (χ0v) is 5.39. The number of halogens is 1. The average molecular weight is 127 g/mol. The van der Waals surface area contributed by atoms with E-state index in [4.69, 9.17) is 5.73 Å². The Balaban J connectivity index is 2.75. The average Bonchev–Trinajstić information content (AvgIpc) is 1.80. The predicted molar refractivity (Wildman–Crippen MR) is 35.2 cm³/mol. The van der Waals surface area contributed by atoms with Crippen LogP contribution in [-0.2, 0) is 0 Å².